The topological polar surface area (TPSA) is 98.0 Å². The first-order valence-corrected chi connectivity index (χ1v) is 9.24. The van der Waals surface area contributed by atoms with Gasteiger partial charge in [0, 0.05) is 25.4 Å². The summed E-state index contributed by atoms with van der Waals surface area (Å²) in [7, 11) is -3.58. The Morgan fingerprint density at radius 3 is 2.76 bits per heavy atom. The monoisotopic (exact) mass is 358 g/mol. The molecule has 0 aliphatic carbocycles. The first kappa shape index (κ1) is 17.2. The Hall–Kier alpha value is -2.58. The number of pyridine rings is 1. The summed E-state index contributed by atoms with van der Waals surface area (Å²) in [6, 6.07) is 8.92. The summed E-state index contributed by atoms with van der Waals surface area (Å²) >= 11 is 0. The van der Waals surface area contributed by atoms with Crippen molar-refractivity contribution in [1.82, 2.24) is 19.9 Å². The van der Waals surface area contributed by atoms with Crippen LogP contribution in [0.4, 0.5) is 0 Å². The molecule has 2 heterocycles. The molecule has 1 N–H and O–H groups in total. The molecule has 0 unspecified atom stereocenters. The van der Waals surface area contributed by atoms with Crippen LogP contribution in [0.15, 0.2) is 52.0 Å². The van der Waals surface area contributed by atoms with Crippen LogP contribution in [-0.4, -0.2) is 30.1 Å². The molecular weight excluding hydrogens is 340 g/mol. The normalized spacial score (nSPS) is 11.6. The highest BCUT2D eigenvalue weighted by Crippen LogP contribution is 2.17. The minimum Gasteiger partial charge on any atom is -0.421 e. The summed E-state index contributed by atoms with van der Waals surface area (Å²) in [6.45, 7) is 3.80. The zero-order valence-electron chi connectivity index (χ0n) is 13.9. The van der Waals surface area contributed by atoms with E-state index in [0.717, 1.165) is 11.1 Å². The maximum absolute atomic E-state index is 12.4. The third-order valence-electron chi connectivity index (χ3n) is 3.64. The summed E-state index contributed by atoms with van der Waals surface area (Å²) in [5, 5.41) is 7.89. The van der Waals surface area contributed by atoms with Gasteiger partial charge in [0.25, 0.3) is 0 Å². The SMILES string of the molecule is Cc1ccc(C)c(S(=O)(=O)NCCc2nnc(-c3cccnc3)o2)c1. The number of sulfonamides is 1. The zero-order valence-corrected chi connectivity index (χ0v) is 14.7. The number of hydrogen-bond donors (Lipinski definition) is 1. The van der Waals surface area contributed by atoms with Crippen LogP contribution in [0, 0.1) is 13.8 Å². The Morgan fingerprint density at radius 2 is 2.00 bits per heavy atom. The smallest absolute Gasteiger partial charge is 0.249 e. The van der Waals surface area contributed by atoms with Gasteiger partial charge in [0.15, 0.2) is 0 Å². The standard InChI is InChI=1S/C17H18N4O3S/c1-12-5-6-13(2)15(10-12)25(22,23)19-9-7-16-20-21-17(24-16)14-4-3-8-18-11-14/h3-6,8,10-11,19H,7,9H2,1-2H3. The molecule has 0 aliphatic rings. The van der Waals surface area contributed by atoms with E-state index in [9.17, 15) is 8.42 Å². The van der Waals surface area contributed by atoms with E-state index in [1.54, 1.807) is 37.5 Å². The summed E-state index contributed by atoms with van der Waals surface area (Å²) < 4.78 is 33.0. The largest absolute Gasteiger partial charge is 0.421 e. The van der Waals surface area contributed by atoms with Crippen LogP contribution < -0.4 is 4.72 Å². The van der Waals surface area contributed by atoms with Crippen LogP contribution in [-0.2, 0) is 16.4 Å². The Bertz CT molecular complexity index is 969. The second kappa shape index (κ2) is 7.12. The van der Waals surface area contributed by atoms with E-state index in [1.807, 2.05) is 19.1 Å². The number of hydrogen-bond acceptors (Lipinski definition) is 6. The predicted molar refractivity (Wildman–Crippen MR) is 92.3 cm³/mol. The molecule has 3 rings (SSSR count). The molecule has 25 heavy (non-hydrogen) atoms. The molecule has 0 radical (unpaired) electrons. The van der Waals surface area contributed by atoms with E-state index in [2.05, 4.69) is 19.9 Å². The number of aryl methyl sites for hydroxylation is 2. The average molecular weight is 358 g/mol. The van der Waals surface area contributed by atoms with E-state index in [0.29, 0.717) is 23.8 Å². The molecule has 0 fully saturated rings. The molecule has 8 heteroatoms. The van der Waals surface area contributed by atoms with Crippen molar-refractivity contribution in [3.8, 4) is 11.5 Å². The minimum atomic E-state index is -3.58. The van der Waals surface area contributed by atoms with Gasteiger partial charge in [0.05, 0.1) is 10.5 Å². The maximum atomic E-state index is 12.4. The van der Waals surface area contributed by atoms with Crippen molar-refractivity contribution in [2.24, 2.45) is 0 Å². The third kappa shape index (κ3) is 4.09. The van der Waals surface area contributed by atoms with Gasteiger partial charge >= 0.3 is 0 Å². The average Bonchev–Trinajstić information content (AvgIpc) is 3.06. The molecule has 7 nitrogen and oxygen atoms in total. The highest BCUT2D eigenvalue weighted by atomic mass is 32.2. The summed E-state index contributed by atoms with van der Waals surface area (Å²) in [5.41, 5.74) is 2.32. The fourth-order valence-corrected chi connectivity index (χ4v) is 3.69. The molecule has 0 saturated heterocycles. The van der Waals surface area contributed by atoms with Crippen molar-refractivity contribution in [1.29, 1.82) is 0 Å². The molecule has 0 amide bonds. The Labute approximate surface area is 146 Å². The van der Waals surface area contributed by atoms with Gasteiger partial charge in [-0.2, -0.15) is 0 Å². The van der Waals surface area contributed by atoms with Crippen LogP contribution in [0.2, 0.25) is 0 Å². The minimum absolute atomic E-state index is 0.171. The van der Waals surface area contributed by atoms with Crippen molar-refractivity contribution in [2.75, 3.05) is 6.54 Å². The predicted octanol–water partition coefficient (Wildman–Crippen LogP) is 2.27. The van der Waals surface area contributed by atoms with Crippen LogP contribution in [0.3, 0.4) is 0 Å². The summed E-state index contributed by atoms with van der Waals surface area (Å²) in [5.74, 6) is 0.725. The van der Waals surface area contributed by atoms with Gasteiger partial charge in [-0.05, 0) is 43.2 Å². The van der Waals surface area contributed by atoms with Gasteiger partial charge in [0.1, 0.15) is 0 Å². The fourth-order valence-electron chi connectivity index (χ4n) is 2.33. The fraction of sp³-hybridized carbons (Fsp3) is 0.235. The van der Waals surface area contributed by atoms with Crippen LogP contribution >= 0.6 is 0 Å². The Balaban J connectivity index is 1.65. The zero-order chi connectivity index (χ0) is 17.9. The van der Waals surface area contributed by atoms with Gasteiger partial charge in [-0.3, -0.25) is 4.98 Å². The van der Waals surface area contributed by atoms with Gasteiger partial charge in [-0.1, -0.05) is 12.1 Å². The van der Waals surface area contributed by atoms with Crippen LogP contribution in [0.1, 0.15) is 17.0 Å². The molecule has 0 spiro atoms. The third-order valence-corrected chi connectivity index (χ3v) is 5.24. The molecule has 3 aromatic rings. The molecule has 0 saturated carbocycles. The van der Waals surface area contributed by atoms with Crippen molar-refractivity contribution in [3.05, 3.63) is 59.7 Å². The lowest BCUT2D eigenvalue weighted by Gasteiger charge is -2.09. The van der Waals surface area contributed by atoms with Crippen LogP contribution in [0.5, 0.6) is 0 Å². The number of aromatic nitrogens is 3. The molecule has 0 atom stereocenters. The van der Waals surface area contributed by atoms with Crippen LogP contribution in [0.25, 0.3) is 11.5 Å². The van der Waals surface area contributed by atoms with E-state index in [4.69, 9.17) is 4.42 Å². The number of nitrogens with one attached hydrogen (secondary N) is 1. The lowest BCUT2D eigenvalue weighted by Crippen LogP contribution is -2.26. The molecule has 1 aromatic carbocycles. The van der Waals surface area contributed by atoms with Crippen molar-refractivity contribution < 1.29 is 12.8 Å². The first-order valence-electron chi connectivity index (χ1n) is 7.75. The second-order valence-electron chi connectivity index (χ2n) is 5.66. The van der Waals surface area contributed by atoms with E-state index in [-0.39, 0.29) is 11.4 Å². The Morgan fingerprint density at radius 1 is 1.16 bits per heavy atom. The van der Waals surface area contributed by atoms with E-state index in [1.165, 1.54) is 0 Å². The number of nitrogens with zero attached hydrogens (tertiary/aromatic N) is 3. The van der Waals surface area contributed by atoms with Crippen molar-refractivity contribution >= 4 is 10.0 Å². The van der Waals surface area contributed by atoms with Crippen molar-refractivity contribution in [2.45, 2.75) is 25.2 Å². The van der Waals surface area contributed by atoms with Gasteiger partial charge < -0.3 is 4.42 Å². The van der Waals surface area contributed by atoms with E-state index >= 15 is 0 Å². The summed E-state index contributed by atoms with van der Waals surface area (Å²) in [6.07, 6.45) is 3.58. The molecule has 0 aliphatic heterocycles. The maximum Gasteiger partial charge on any atom is 0.249 e. The van der Waals surface area contributed by atoms with E-state index < -0.39 is 10.0 Å². The van der Waals surface area contributed by atoms with Gasteiger partial charge in [0.2, 0.25) is 21.8 Å². The summed E-state index contributed by atoms with van der Waals surface area (Å²) in [4.78, 5) is 4.28. The van der Waals surface area contributed by atoms with Gasteiger partial charge in [-0.25, -0.2) is 13.1 Å². The quantitative estimate of drug-likeness (QED) is 0.726. The molecule has 2 aromatic heterocycles. The second-order valence-corrected chi connectivity index (χ2v) is 7.39. The molecule has 130 valence electrons. The molecular formula is C17H18N4O3S. The highest BCUT2D eigenvalue weighted by Gasteiger charge is 2.17. The Kier molecular flexibility index (Phi) is 4.91. The van der Waals surface area contributed by atoms with Crippen molar-refractivity contribution in [3.63, 3.8) is 0 Å². The lowest BCUT2D eigenvalue weighted by molar-refractivity contribution is 0.501. The first-order chi connectivity index (χ1) is 12.0. The highest BCUT2D eigenvalue weighted by molar-refractivity contribution is 7.89. The number of benzene rings is 1. The molecule has 0 bridgehead atoms. The number of rotatable bonds is 6. The lowest BCUT2D eigenvalue weighted by atomic mass is 10.2. The van der Waals surface area contributed by atoms with Gasteiger partial charge in [-0.15, -0.1) is 10.2 Å².